The summed E-state index contributed by atoms with van der Waals surface area (Å²) in [5.41, 5.74) is 0.749. The van der Waals surface area contributed by atoms with Crippen LogP contribution in [-0.2, 0) is 4.74 Å². The van der Waals surface area contributed by atoms with E-state index in [0.717, 1.165) is 18.7 Å². The number of methoxy groups -OCH3 is 2. The third-order valence-electron chi connectivity index (χ3n) is 2.02. The normalized spacial score (nSPS) is 9.76. The highest BCUT2D eigenvalue weighted by Crippen LogP contribution is 2.19. The summed E-state index contributed by atoms with van der Waals surface area (Å²) in [5.74, 6) is 0.522. The standard InChI is InChI=1S/C11H17N3O2S/c1-15-8-4-7-13-11(17)14-9-5-3-6-12-10(9)16-2/h3,5-6H,4,7-8H2,1-2H3,(H2,13,14,17). The Balaban J connectivity index is 2.39. The van der Waals surface area contributed by atoms with Crippen LogP contribution in [0.3, 0.4) is 0 Å². The number of nitrogens with one attached hydrogen (secondary N) is 2. The van der Waals surface area contributed by atoms with Crippen molar-refractivity contribution >= 4 is 23.0 Å². The second-order valence-electron chi connectivity index (χ2n) is 3.29. The molecule has 0 aromatic carbocycles. The fourth-order valence-corrected chi connectivity index (χ4v) is 1.45. The molecule has 0 radical (unpaired) electrons. The summed E-state index contributed by atoms with van der Waals surface area (Å²) in [6, 6.07) is 3.67. The molecule has 6 heteroatoms. The van der Waals surface area contributed by atoms with Crippen molar-refractivity contribution in [2.75, 3.05) is 32.7 Å². The number of pyridine rings is 1. The Morgan fingerprint density at radius 2 is 2.29 bits per heavy atom. The third kappa shape index (κ3) is 4.97. The van der Waals surface area contributed by atoms with Gasteiger partial charge in [-0.2, -0.15) is 0 Å². The minimum absolute atomic E-state index is 0.522. The van der Waals surface area contributed by atoms with E-state index in [1.54, 1.807) is 20.4 Å². The molecule has 0 unspecified atom stereocenters. The van der Waals surface area contributed by atoms with E-state index in [-0.39, 0.29) is 0 Å². The van der Waals surface area contributed by atoms with Crippen LogP contribution in [0.25, 0.3) is 0 Å². The molecule has 2 N–H and O–H groups in total. The van der Waals surface area contributed by atoms with Gasteiger partial charge in [0.25, 0.3) is 0 Å². The lowest BCUT2D eigenvalue weighted by molar-refractivity contribution is 0.196. The Bertz CT molecular complexity index is 360. The van der Waals surface area contributed by atoms with E-state index in [0.29, 0.717) is 17.6 Å². The van der Waals surface area contributed by atoms with Crippen LogP contribution in [0.15, 0.2) is 18.3 Å². The van der Waals surface area contributed by atoms with Crippen molar-refractivity contribution in [1.82, 2.24) is 10.3 Å². The predicted molar refractivity (Wildman–Crippen MR) is 71.5 cm³/mol. The maximum Gasteiger partial charge on any atom is 0.237 e. The lowest BCUT2D eigenvalue weighted by atomic mass is 10.4. The van der Waals surface area contributed by atoms with Crippen LogP contribution in [0.1, 0.15) is 6.42 Å². The van der Waals surface area contributed by atoms with E-state index in [1.165, 1.54) is 0 Å². The SMILES string of the molecule is COCCCNC(=S)Nc1cccnc1OC. The molecule has 0 aliphatic heterocycles. The van der Waals surface area contributed by atoms with E-state index in [4.69, 9.17) is 21.7 Å². The predicted octanol–water partition coefficient (Wildman–Crippen LogP) is 1.41. The number of rotatable bonds is 6. The van der Waals surface area contributed by atoms with Crippen LogP contribution in [0.4, 0.5) is 5.69 Å². The van der Waals surface area contributed by atoms with Crippen molar-refractivity contribution in [3.63, 3.8) is 0 Å². The summed E-state index contributed by atoms with van der Waals surface area (Å²) in [6.07, 6.45) is 2.57. The first kappa shape index (κ1) is 13.7. The fraction of sp³-hybridized carbons (Fsp3) is 0.455. The van der Waals surface area contributed by atoms with Crippen molar-refractivity contribution in [1.29, 1.82) is 0 Å². The first-order valence-corrected chi connectivity index (χ1v) is 5.71. The average Bonchev–Trinajstić information content (AvgIpc) is 2.35. The van der Waals surface area contributed by atoms with Gasteiger partial charge in [-0.15, -0.1) is 0 Å². The maximum atomic E-state index is 5.15. The van der Waals surface area contributed by atoms with Gasteiger partial charge in [0.15, 0.2) is 5.11 Å². The second-order valence-corrected chi connectivity index (χ2v) is 3.70. The van der Waals surface area contributed by atoms with Gasteiger partial charge in [-0.05, 0) is 30.8 Å². The van der Waals surface area contributed by atoms with Crippen molar-refractivity contribution in [2.24, 2.45) is 0 Å². The van der Waals surface area contributed by atoms with Gasteiger partial charge in [-0.25, -0.2) is 4.98 Å². The highest BCUT2D eigenvalue weighted by Gasteiger charge is 2.04. The summed E-state index contributed by atoms with van der Waals surface area (Å²) in [6.45, 7) is 1.48. The van der Waals surface area contributed by atoms with Gasteiger partial charge in [0.1, 0.15) is 5.69 Å². The molecule has 0 aliphatic carbocycles. The van der Waals surface area contributed by atoms with Crippen LogP contribution in [0.2, 0.25) is 0 Å². The monoisotopic (exact) mass is 255 g/mol. The van der Waals surface area contributed by atoms with E-state index in [1.807, 2.05) is 12.1 Å². The van der Waals surface area contributed by atoms with Crippen LogP contribution < -0.4 is 15.4 Å². The molecule has 0 fully saturated rings. The molecule has 5 nitrogen and oxygen atoms in total. The number of thiocarbonyl (C=S) groups is 1. The lowest BCUT2D eigenvalue weighted by Crippen LogP contribution is -2.30. The van der Waals surface area contributed by atoms with Crippen molar-refractivity contribution < 1.29 is 9.47 Å². The highest BCUT2D eigenvalue weighted by molar-refractivity contribution is 7.80. The number of ether oxygens (including phenoxy) is 2. The maximum absolute atomic E-state index is 5.15. The molecule has 17 heavy (non-hydrogen) atoms. The second kappa shape index (κ2) is 7.81. The molecule has 1 heterocycles. The molecule has 1 aromatic heterocycles. The molecule has 0 spiro atoms. The number of nitrogens with zero attached hydrogens (tertiary/aromatic N) is 1. The number of anilines is 1. The zero-order chi connectivity index (χ0) is 12.5. The highest BCUT2D eigenvalue weighted by atomic mass is 32.1. The zero-order valence-corrected chi connectivity index (χ0v) is 10.8. The lowest BCUT2D eigenvalue weighted by Gasteiger charge is -2.12. The first-order valence-electron chi connectivity index (χ1n) is 5.30. The summed E-state index contributed by atoms with van der Waals surface area (Å²) in [4.78, 5) is 4.07. The molecule has 0 bridgehead atoms. The van der Waals surface area contributed by atoms with Gasteiger partial charge in [0, 0.05) is 26.5 Å². The van der Waals surface area contributed by atoms with Gasteiger partial charge < -0.3 is 20.1 Å². The average molecular weight is 255 g/mol. The number of aromatic nitrogens is 1. The van der Waals surface area contributed by atoms with E-state index in [2.05, 4.69) is 15.6 Å². The molecule has 0 saturated carbocycles. The van der Waals surface area contributed by atoms with Crippen molar-refractivity contribution in [3.8, 4) is 5.88 Å². The van der Waals surface area contributed by atoms with Gasteiger partial charge >= 0.3 is 0 Å². The largest absolute Gasteiger partial charge is 0.480 e. The van der Waals surface area contributed by atoms with Crippen LogP contribution in [-0.4, -0.2) is 37.5 Å². The Kier molecular flexibility index (Phi) is 6.27. The molecule has 0 atom stereocenters. The molecule has 1 aromatic rings. The Hall–Kier alpha value is -1.40. The minimum atomic E-state index is 0.522. The van der Waals surface area contributed by atoms with Gasteiger partial charge in [-0.1, -0.05) is 0 Å². The summed E-state index contributed by atoms with van der Waals surface area (Å²) >= 11 is 5.15. The van der Waals surface area contributed by atoms with Crippen LogP contribution >= 0.6 is 12.2 Å². The Morgan fingerprint density at radius 3 is 3.00 bits per heavy atom. The first-order chi connectivity index (χ1) is 8.27. The molecule has 0 saturated heterocycles. The fourth-order valence-electron chi connectivity index (χ4n) is 1.23. The van der Waals surface area contributed by atoms with E-state index < -0.39 is 0 Å². The Morgan fingerprint density at radius 1 is 1.47 bits per heavy atom. The van der Waals surface area contributed by atoms with Gasteiger partial charge in [-0.3, -0.25) is 0 Å². The third-order valence-corrected chi connectivity index (χ3v) is 2.27. The topological polar surface area (TPSA) is 55.4 Å². The molecular weight excluding hydrogens is 238 g/mol. The Labute approximate surface area is 107 Å². The molecule has 0 aliphatic rings. The summed E-state index contributed by atoms with van der Waals surface area (Å²) < 4.78 is 10.1. The van der Waals surface area contributed by atoms with Crippen LogP contribution in [0.5, 0.6) is 5.88 Å². The summed E-state index contributed by atoms with van der Waals surface area (Å²) in [7, 11) is 3.25. The van der Waals surface area contributed by atoms with E-state index in [9.17, 15) is 0 Å². The molecular formula is C11H17N3O2S. The molecule has 1 rings (SSSR count). The minimum Gasteiger partial charge on any atom is -0.480 e. The van der Waals surface area contributed by atoms with E-state index >= 15 is 0 Å². The smallest absolute Gasteiger partial charge is 0.237 e. The number of hydrogen-bond donors (Lipinski definition) is 2. The van der Waals surface area contributed by atoms with Gasteiger partial charge in [0.2, 0.25) is 5.88 Å². The van der Waals surface area contributed by atoms with Gasteiger partial charge in [0.05, 0.1) is 7.11 Å². The molecule has 94 valence electrons. The zero-order valence-electron chi connectivity index (χ0n) is 10.0. The number of hydrogen-bond acceptors (Lipinski definition) is 4. The van der Waals surface area contributed by atoms with Crippen molar-refractivity contribution in [2.45, 2.75) is 6.42 Å². The van der Waals surface area contributed by atoms with Crippen molar-refractivity contribution in [3.05, 3.63) is 18.3 Å². The van der Waals surface area contributed by atoms with Crippen LogP contribution in [0, 0.1) is 0 Å². The quantitative estimate of drug-likeness (QED) is 0.592. The summed E-state index contributed by atoms with van der Waals surface area (Å²) in [5, 5.41) is 6.65. The molecule has 0 amide bonds.